The Morgan fingerprint density at radius 2 is 1.55 bits per heavy atom. The highest BCUT2D eigenvalue weighted by atomic mass is 16.1. The Morgan fingerprint density at radius 3 is 2.26 bits per heavy atom. The standard InChI is InChI=1S/C34H34N6O2/c1-23-27(10-7-11-28(23)29-13-14-30(37-33(29)41)24-8-5-4-6-9-24)25-20-31(34(42)39(3)22-25)36-32-15-12-26(21-35-32)40-18-16-38(2)17-19-40/h4-15,20-22H,16-19H2,1-3H3,(H,35,36)(H,37,41). The molecule has 0 unspecified atom stereocenters. The first-order chi connectivity index (χ1) is 20.4. The molecule has 0 aliphatic carbocycles. The summed E-state index contributed by atoms with van der Waals surface area (Å²) in [5.41, 5.74) is 7.16. The summed E-state index contributed by atoms with van der Waals surface area (Å²) in [7, 11) is 3.88. The smallest absolute Gasteiger partial charge is 0.274 e. The van der Waals surface area contributed by atoms with Crippen LogP contribution in [0.1, 0.15) is 5.56 Å². The van der Waals surface area contributed by atoms with Crippen molar-refractivity contribution in [2.75, 3.05) is 43.4 Å². The minimum absolute atomic E-state index is 0.148. The molecule has 6 rings (SSSR count). The Labute approximate surface area is 244 Å². The first-order valence-corrected chi connectivity index (χ1v) is 14.1. The van der Waals surface area contributed by atoms with Crippen LogP contribution < -0.4 is 21.3 Å². The average Bonchev–Trinajstić information content (AvgIpc) is 3.01. The van der Waals surface area contributed by atoms with E-state index in [4.69, 9.17) is 0 Å². The fourth-order valence-electron chi connectivity index (χ4n) is 5.51. The predicted molar refractivity (Wildman–Crippen MR) is 171 cm³/mol. The van der Waals surface area contributed by atoms with Gasteiger partial charge in [-0.3, -0.25) is 9.59 Å². The molecule has 5 aromatic rings. The van der Waals surface area contributed by atoms with Crippen molar-refractivity contribution in [3.8, 4) is 33.5 Å². The first kappa shape index (κ1) is 27.2. The van der Waals surface area contributed by atoms with Gasteiger partial charge in [-0.15, -0.1) is 0 Å². The number of piperazine rings is 1. The van der Waals surface area contributed by atoms with Crippen molar-refractivity contribution in [3.63, 3.8) is 0 Å². The number of anilines is 3. The van der Waals surface area contributed by atoms with Gasteiger partial charge in [0.25, 0.3) is 11.1 Å². The molecule has 4 heterocycles. The second-order valence-corrected chi connectivity index (χ2v) is 10.8. The topological polar surface area (TPSA) is 86.3 Å². The van der Waals surface area contributed by atoms with Gasteiger partial charge in [-0.25, -0.2) is 4.98 Å². The molecule has 0 spiro atoms. The highest BCUT2D eigenvalue weighted by Crippen LogP contribution is 2.32. The molecule has 2 aromatic carbocycles. The minimum atomic E-state index is -0.148. The molecule has 8 nitrogen and oxygen atoms in total. The second kappa shape index (κ2) is 11.5. The van der Waals surface area contributed by atoms with Crippen molar-refractivity contribution in [2.24, 2.45) is 7.05 Å². The van der Waals surface area contributed by atoms with E-state index in [0.29, 0.717) is 17.1 Å². The number of aromatic nitrogens is 3. The number of rotatable bonds is 6. The number of pyridine rings is 3. The molecule has 0 saturated carbocycles. The van der Waals surface area contributed by atoms with Gasteiger partial charge >= 0.3 is 0 Å². The molecule has 0 radical (unpaired) electrons. The summed E-state index contributed by atoms with van der Waals surface area (Å²) >= 11 is 0. The van der Waals surface area contributed by atoms with Crippen LogP contribution in [0.15, 0.2) is 101 Å². The van der Waals surface area contributed by atoms with Gasteiger partial charge in [0.2, 0.25) is 0 Å². The summed E-state index contributed by atoms with van der Waals surface area (Å²) in [6, 6.07) is 25.3. The van der Waals surface area contributed by atoms with E-state index in [1.54, 1.807) is 11.6 Å². The SMILES string of the molecule is Cc1c(-c2cc(Nc3ccc(N4CCN(C)CC4)cn3)c(=O)n(C)c2)cccc1-c1ccc(-c2ccccc2)[nH]c1=O. The van der Waals surface area contributed by atoms with Crippen molar-refractivity contribution >= 4 is 17.2 Å². The van der Waals surface area contributed by atoms with E-state index < -0.39 is 0 Å². The summed E-state index contributed by atoms with van der Waals surface area (Å²) in [5, 5.41) is 3.23. The third-order valence-electron chi connectivity index (χ3n) is 7.99. The molecule has 212 valence electrons. The normalized spacial score (nSPS) is 13.7. The fourth-order valence-corrected chi connectivity index (χ4v) is 5.51. The molecule has 0 amide bonds. The number of nitrogens with one attached hydrogen (secondary N) is 2. The Bertz CT molecular complexity index is 1840. The van der Waals surface area contributed by atoms with Gasteiger partial charge in [0.15, 0.2) is 0 Å². The Kier molecular flexibility index (Phi) is 7.46. The molecule has 1 aliphatic rings. The van der Waals surface area contributed by atoms with E-state index in [0.717, 1.165) is 65.4 Å². The number of H-pyrrole nitrogens is 1. The fraction of sp³-hybridized carbons (Fsp3) is 0.206. The summed E-state index contributed by atoms with van der Waals surface area (Å²) < 4.78 is 1.57. The Morgan fingerprint density at radius 1 is 0.786 bits per heavy atom. The number of likely N-dealkylation sites (N-methyl/N-ethyl adjacent to an activating group) is 1. The van der Waals surface area contributed by atoms with Crippen LogP contribution in [0.25, 0.3) is 33.5 Å². The highest BCUT2D eigenvalue weighted by Gasteiger charge is 2.16. The number of benzene rings is 2. The molecule has 42 heavy (non-hydrogen) atoms. The molecule has 0 bridgehead atoms. The van der Waals surface area contributed by atoms with Crippen molar-refractivity contribution in [3.05, 3.63) is 118 Å². The van der Waals surface area contributed by atoms with E-state index in [1.165, 1.54) is 0 Å². The maximum Gasteiger partial charge on any atom is 0.274 e. The average molecular weight is 559 g/mol. The van der Waals surface area contributed by atoms with Gasteiger partial charge in [-0.1, -0.05) is 48.5 Å². The summed E-state index contributed by atoms with van der Waals surface area (Å²) in [4.78, 5) is 38.5. The van der Waals surface area contributed by atoms with Gasteiger partial charge in [0, 0.05) is 56.2 Å². The molecule has 1 saturated heterocycles. The zero-order valence-corrected chi connectivity index (χ0v) is 24.1. The van der Waals surface area contributed by atoms with Crippen molar-refractivity contribution in [2.45, 2.75) is 6.92 Å². The van der Waals surface area contributed by atoms with Crippen molar-refractivity contribution in [1.82, 2.24) is 19.4 Å². The monoisotopic (exact) mass is 558 g/mol. The maximum atomic E-state index is 13.2. The van der Waals surface area contributed by atoms with Gasteiger partial charge in [-0.2, -0.15) is 0 Å². The Balaban J connectivity index is 1.29. The summed E-state index contributed by atoms with van der Waals surface area (Å²) in [6.45, 7) is 5.99. The number of hydrogen-bond donors (Lipinski definition) is 2. The van der Waals surface area contributed by atoms with Gasteiger partial charge in [-0.05, 0) is 66.6 Å². The lowest BCUT2D eigenvalue weighted by Gasteiger charge is -2.33. The van der Waals surface area contributed by atoms with Crippen LogP contribution >= 0.6 is 0 Å². The van der Waals surface area contributed by atoms with E-state index >= 15 is 0 Å². The highest BCUT2D eigenvalue weighted by molar-refractivity contribution is 5.80. The third kappa shape index (κ3) is 5.49. The zero-order valence-electron chi connectivity index (χ0n) is 24.1. The number of aromatic amines is 1. The predicted octanol–water partition coefficient (Wildman–Crippen LogP) is 5.27. The molecule has 3 aromatic heterocycles. The molecule has 8 heteroatoms. The second-order valence-electron chi connectivity index (χ2n) is 10.8. The third-order valence-corrected chi connectivity index (χ3v) is 7.99. The lowest BCUT2D eigenvalue weighted by Crippen LogP contribution is -2.44. The van der Waals surface area contributed by atoms with Gasteiger partial charge in [0.05, 0.1) is 11.9 Å². The first-order valence-electron chi connectivity index (χ1n) is 14.1. The maximum absolute atomic E-state index is 13.2. The number of aryl methyl sites for hydroxylation is 1. The van der Waals surface area contributed by atoms with Crippen LogP contribution in [0.5, 0.6) is 0 Å². The van der Waals surface area contributed by atoms with Crippen LogP contribution in [0.3, 0.4) is 0 Å². The Hall–Kier alpha value is -4.95. The van der Waals surface area contributed by atoms with E-state index in [2.05, 4.69) is 32.1 Å². The van der Waals surface area contributed by atoms with Crippen LogP contribution in [-0.4, -0.2) is 52.7 Å². The van der Waals surface area contributed by atoms with Crippen LogP contribution in [0.4, 0.5) is 17.2 Å². The molecule has 1 aliphatic heterocycles. The van der Waals surface area contributed by atoms with Crippen LogP contribution in [0, 0.1) is 6.92 Å². The van der Waals surface area contributed by atoms with Gasteiger partial charge in [0.1, 0.15) is 11.5 Å². The van der Waals surface area contributed by atoms with Crippen molar-refractivity contribution in [1.29, 1.82) is 0 Å². The van der Waals surface area contributed by atoms with E-state index in [9.17, 15) is 9.59 Å². The number of nitrogens with zero attached hydrogens (tertiary/aromatic N) is 4. The van der Waals surface area contributed by atoms with Crippen LogP contribution in [-0.2, 0) is 7.05 Å². The zero-order chi connectivity index (χ0) is 29.2. The lowest BCUT2D eigenvalue weighted by molar-refractivity contribution is 0.313. The molecule has 1 fully saturated rings. The molecular weight excluding hydrogens is 524 g/mol. The summed E-state index contributed by atoms with van der Waals surface area (Å²) in [5.74, 6) is 0.609. The van der Waals surface area contributed by atoms with Crippen LogP contribution in [0.2, 0.25) is 0 Å². The molecule has 2 N–H and O–H groups in total. The molecular formula is C34H34N6O2. The van der Waals surface area contributed by atoms with E-state index in [-0.39, 0.29) is 11.1 Å². The van der Waals surface area contributed by atoms with E-state index in [1.807, 2.05) is 98.2 Å². The number of hydrogen-bond acceptors (Lipinski definition) is 6. The lowest BCUT2D eigenvalue weighted by atomic mass is 9.93. The molecule has 0 atom stereocenters. The van der Waals surface area contributed by atoms with Crippen molar-refractivity contribution < 1.29 is 0 Å². The minimum Gasteiger partial charge on any atom is -0.368 e. The quantitative estimate of drug-likeness (QED) is 0.295. The largest absolute Gasteiger partial charge is 0.368 e. The summed E-state index contributed by atoms with van der Waals surface area (Å²) in [6.07, 6.45) is 3.68. The van der Waals surface area contributed by atoms with Gasteiger partial charge < -0.3 is 24.7 Å².